The van der Waals surface area contributed by atoms with Gasteiger partial charge in [-0.15, -0.1) is 0 Å². The van der Waals surface area contributed by atoms with Crippen LogP contribution in [0.25, 0.3) is 0 Å². The van der Waals surface area contributed by atoms with E-state index in [-0.39, 0.29) is 12.1 Å². The molecule has 1 aliphatic rings. The third kappa shape index (κ3) is 4.76. The number of hydrogen-bond donors (Lipinski definition) is 0. The number of azo groups is 1. The van der Waals surface area contributed by atoms with E-state index in [0.29, 0.717) is 0 Å². The summed E-state index contributed by atoms with van der Waals surface area (Å²) in [6.45, 7) is 0. The molecule has 3 rings (SSSR count). The van der Waals surface area contributed by atoms with Crippen molar-refractivity contribution in [3.05, 3.63) is 96.1 Å². The standard InChI is InChI=1S/C22H24N2/c1-2-4-12-18-22(20-15-9-6-10-16-20)24-23-21(17-11-3-1)19-13-7-5-8-14-19/h3-16,21-22H,1-2,17-18H2/b11-3+,12-4?,24-23?. The molecule has 0 saturated heterocycles. The monoisotopic (exact) mass is 316 g/mol. The van der Waals surface area contributed by atoms with Gasteiger partial charge in [0.25, 0.3) is 0 Å². The lowest BCUT2D eigenvalue weighted by Crippen LogP contribution is -1.97. The van der Waals surface area contributed by atoms with E-state index in [1.807, 2.05) is 12.1 Å². The molecular formula is C22H24N2. The van der Waals surface area contributed by atoms with Crippen LogP contribution >= 0.6 is 0 Å². The second-order valence-corrected chi connectivity index (χ2v) is 6.08. The van der Waals surface area contributed by atoms with Crippen molar-refractivity contribution in [1.29, 1.82) is 0 Å². The van der Waals surface area contributed by atoms with Crippen LogP contribution < -0.4 is 0 Å². The van der Waals surface area contributed by atoms with E-state index in [2.05, 4.69) is 72.8 Å². The molecule has 0 spiro atoms. The average Bonchev–Trinajstić information content (AvgIpc) is 2.64. The number of nitrogens with zero attached hydrogens (tertiary/aromatic N) is 2. The fourth-order valence-electron chi connectivity index (χ4n) is 2.89. The molecule has 2 nitrogen and oxygen atoms in total. The van der Waals surface area contributed by atoms with Gasteiger partial charge in [0.05, 0.1) is 12.1 Å². The molecule has 0 N–H and O–H groups in total. The lowest BCUT2D eigenvalue weighted by molar-refractivity contribution is 0.605. The van der Waals surface area contributed by atoms with Gasteiger partial charge in [0, 0.05) is 0 Å². The summed E-state index contributed by atoms with van der Waals surface area (Å²) in [6, 6.07) is 21.1. The summed E-state index contributed by atoms with van der Waals surface area (Å²) in [6.07, 6.45) is 13.0. The third-order valence-corrected chi connectivity index (χ3v) is 4.27. The molecule has 2 heteroatoms. The quantitative estimate of drug-likeness (QED) is 0.557. The number of hydrogen-bond acceptors (Lipinski definition) is 2. The Bertz CT molecular complexity index is 625. The highest BCUT2D eigenvalue weighted by Crippen LogP contribution is 2.28. The number of benzene rings is 2. The van der Waals surface area contributed by atoms with E-state index in [9.17, 15) is 0 Å². The van der Waals surface area contributed by atoms with Gasteiger partial charge in [-0.25, -0.2) is 0 Å². The molecule has 0 radical (unpaired) electrons. The SMILES string of the molecule is C1=CCC(c2ccccc2)N=NC(c2ccccc2)C/C=C/CC1. The molecule has 2 aromatic rings. The molecule has 0 aromatic heterocycles. The van der Waals surface area contributed by atoms with E-state index < -0.39 is 0 Å². The molecule has 122 valence electrons. The van der Waals surface area contributed by atoms with Gasteiger partial charge in [-0.2, -0.15) is 10.2 Å². The molecule has 0 fully saturated rings. The average molecular weight is 316 g/mol. The van der Waals surface area contributed by atoms with Crippen LogP contribution in [0.3, 0.4) is 0 Å². The highest BCUT2D eigenvalue weighted by atomic mass is 15.1. The maximum absolute atomic E-state index is 4.73. The molecule has 24 heavy (non-hydrogen) atoms. The first-order valence-electron chi connectivity index (χ1n) is 8.73. The number of allylic oxidation sites excluding steroid dienone is 2. The molecule has 0 bridgehead atoms. The zero-order chi connectivity index (χ0) is 16.5. The summed E-state index contributed by atoms with van der Waals surface area (Å²) >= 11 is 0. The van der Waals surface area contributed by atoms with Gasteiger partial charge in [0.15, 0.2) is 0 Å². The van der Waals surface area contributed by atoms with Gasteiger partial charge in [-0.3, -0.25) is 0 Å². The van der Waals surface area contributed by atoms with E-state index in [1.165, 1.54) is 11.1 Å². The molecule has 1 aliphatic heterocycles. The lowest BCUT2D eigenvalue weighted by Gasteiger charge is -2.14. The Balaban J connectivity index is 1.88. The third-order valence-electron chi connectivity index (χ3n) is 4.27. The zero-order valence-corrected chi connectivity index (χ0v) is 14.0. The number of rotatable bonds is 2. The molecule has 0 aliphatic carbocycles. The van der Waals surface area contributed by atoms with Crippen LogP contribution in [0.2, 0.25) is 0 Å². The Kier molecular flexibility index (Phi) is 6.12. The summed E-state index contributed by atoms with van der Waals surface area (Å²) in [5.41, 5.74) is 2.45. The Morgan fingerprint density at radius 2 is 0.958 bits per heavy atom. The van der Waals surface area contributed by atoms with Gasteiger partial charge in [-0.05, 0) is 36.8 Å². The van der Waals surface area contributed by atoms with Crippen LogP contribution in [0.15, 0.2) is 95.2 Å². The van der Waals surface area contributed by atoms with Crippen molar-refractivity contribution in [2.45, 2.75) is 37.8 Å². The van der Waals surface area contributed by atoms with Crippen LogP contribution in [0.5, 0.6) is 0 Å². The Hall–Kier alpha value is -2.48. The molecule has 2 atom stereocenters. The fraction of sp³-hybridized carbons (Fsp3) is 0.273. The van der Waals surface area contributed by atoms with E-state index in [0.717, 1.165) is 25.7 Å². The molecule has 2 aromatic carbocycles. The second kappa shape index (κ2) is 8.97. The minimum Gasteiger partial charge on any atom is -0.185 e. The van der Waals surface area contributed by atoms with Crippen LogP contribution in [0.4, 0.5) is 0 Å². The molecule has 2 unspecified atom stereocenters. The van der Waals surface area contributed by atoms with Crippen LogP contribution in [0, 0.1) is 0 Å². The topological polar surface area (TPSA) is 24.7 Å². The maximum Gasteiger partial charge on any atom is 0.0992 e. The normalized spacial score (nSPS) is 23.2. The minimum atomic E-state index is 0.0945. The van der Waals surface area contributed by atoms with Gasteiger partial charge < -0.3 is 0 Å². The van der Waals surface area contributed by atoms with E-state index in [4.69, 9.17) is 10.2 Å². The Morgan fingerprint density at radius 3 is 1.38 bits per heavy atom. The van der Waals surface area contributed by atoms with E-state index >= 15 is 0 Å². The second-order valence-electron chi connectivity index (χ2n) is 6.08. The first-order chi connectivity index (χ1) is 11.9. The van der Waals surface area contributed by atoms with Gasteiger partial charge in [0.2, 0.25) is 0 Å². The van der Waals surface area contributed by atoms with Gasteiger partial charge in [-0.1, -0.05) is 85.0 Å². The first kappa shape index (κ1) is 16.4. The van der Waals surface area contributed by atoms with Gasteiger partial charge in [0.1, 0.15) is 0 Å². The lowest BCUT2D eigenvalue weighted by atomic mass is 10.0. The fourth-order valence-corrected chi connectivity index (χ4v) is 2.89. The summed E-state index contributed by atoms with van der Waals surface area (Å²) in [4.78, 5) is 0. The van der Waals surface area contributed by atoms with Crippen LogP contribution in [-0.2, 0) is 0 Å². The smallest absolute Gasteiger partial charge is 0.0992 e. The van der Waals surface area contributed by atoms with Crippen LogP contribution in [0.1, 0.15) is 48.9 Å². The van der Waals surface area contributed by atoms with Gasteiger partial charge >= 0.3 is 0 Å². The molecule has 0 saturated carbocycles. The van der Waals surface area contributed by atoms with Crippen molar-refractivity contribution < 1.29 is 0 Å². The predicted octanol–water partition coefficient (Wildman–Crippen LogP) is 6.61. The summed E-state index contributed by atoms with van der Waals surface area (Å²) in [7, 11) is 0. The van der Waals surface area contributed by atoms with Crippen molar-refractivity contribution in [1.82, 2.24) is 0 Å². The van der Waals surface area contributed by atoms with Crippen LogP contribution in [-0.4, -0.2) is 0 Å². The van der Waals surface area contributed by atoms with E-state index in [1.54, 1.807) is 0 Å². The Morgan fingerprint density at radius 1 is 0.542 bits per heavy atom. The predicted molar refractivity (Wildman–Crippen MR) is 100.0 cm³/mol. The summed E-state index contributed by atoms with van der Waals surface area (Å²) in [5, 5.41) is 9.45. The first-order valence-corrected chi connectivity index (χ1v) is 8.73. The summed E-state index contributed by atoms with van der Waals surface area (Å²) in [5.74, 6) is 0. The summed E-state index contributed by atoms with van der Waals surface area (Å²) < 4.78 is 0. The minimum absolute atomic E-state index is 0.0945. The van der Waals surface area contributed by atoms with Crippen molar-refractivity contribution >= 4 is 0 Å². The molecule has 1 heterocycles. The Labute approximate surface area is 144 Å². The largest absolute Gasteiger partial charge is 0.185 e. The highest BCUT2D eigenvalue weighted by molar-refractivity contribution is 5.21. The maximum atomic E-state index is 4.73. The molecule has 0 amide bonds. The zero-order valence-electron chi connectivity index (χ0n) is 14.0. The van der Waals surface area contributed by atoms with Crippen molar-refractivity contribution in [2.75, 3.05) is 0 Å². The van der Waals surface area contributed by atoms with Crippen molar-refractivity contribution in [2.24, 2.45) is 10.2 Å². The highest BCUT2D eigenvalue weighted by Gasteiger charge is 2.12. The molecular weight excluding hydrogens is 292 g/mol. The van der Waals surface area contributed by atoms with Crippen molar-refractivity contribution in [3.8, 4) is 0 Å². The van der Waals surface area contributed by atoms with Crippen molar-refractivity contribution in [3.63, 3.8) is 0 Å².